The monoisotopic (exact) mass is 757 g/mol. The van der Waals surface area contributed by atoms with Crippen LogP contribution in [-0.2, 0) is 15.3 Å². The summed E-state index contributed by atoms with van der Waals surface area (Å²) in [5.74, 6) is 4.29. The van der Waals surface area contributed by atoms with Gasteiger partial charge in [-0.15, -0.1) is 0 Å². The molecule has 4 fully saturated rings. The summed E-state index contributed by atoms with van der Waals surface area (Å²) in [4.78, 5) is 16.1. The summed E-state index contributed by atoms with van der Waals surface area (Å²) in [7, 11) is -3.65. The molecule has 1 aliphatic heterocycles. The molecule has 6 heteroatoms. The zero-order chi connectivity index (χ0) is 37.9. The second-order valence-electron chi connectivity index (χ2n) is 16.9. The van der Waals surface area contributed by atoms with Crippen molar-refractivity contribution in [3.05, 3.63) is 163 Å². The maximum Gasteiger partial charge on any atom is 0.207 e. The summed E-state index contributed by atoms with van der Waals surface area (Å²) in [5.41, 5.74) is 6.61. The minimum atomic E-state index is -3.65. The first-order chi connectivity index (χ1) is 27.9. The van der Waals surface area contributed by atoms with Gasteiger partial charge in [0.15, 0.2) is 17.5 Å². The quantitative estimate of drug-likeness (QED) is 0.167. The molecule has 5 aliphatic rings. The van der Waals surface area contributed by atoms with Crippen molar-refractivity contribution in [1.29, 1.82) is 0 Å². The van der Waals surface area contributed by atoms with E-state index < -0.39 is 9.84 Å². The predicted molar refractivity (Wildman–Crippen MR) is 226 cm³/mol. The smallest absolute Gasteiger partial charge is 0.207 e. The van der Waals surface area contributed by atoms with Crippen molar-refractivity contribution < 1.29 is 8.42 Å². The van der Waals surface area contributed by atoms with Crippen LogP contribution in [0.2, 0.25) is 0 Å². The van der Waals surface area contributed by atoms with Crippen LogP contribution in [0.4, 0.5) is 0 Å². The van der Waals surface area contributed by atoms with E-state index in [0.29, 0.717) is 39.1 Å². The molecule has 2 heterocycles. The lowest BCUT2D eigenvalue weighted by Gasteiger charge is -2.63. The maximum atomic E-state index is 14.3. The largest absolute Gasteiger partial charge is 0.218 e. The average Bonchev–Trinajstić information content (AvgIpc) is 3.26. The Morgan fingerprint density at radius 3 is 1.72 bits per heavy atom. The maximum absolute atomic E-state index is 14.3. The SMILES string of the molecule is O=S1(=O)c2ccccc2C2(c3cc(-c4ccc(-c5nc(-c6ccccc6)nc(-c6ccc7c(ccc8ccccc87)c6)n5)cc4)ccc31)C1CC3CC(C1)CC2C3. The molecule has 57 heavy (non-hydrogen) atoms. The summed E-state index contributed by atoms with van der Waals surface area (Å²) < 4.78 is 28.6. The summed E-state index contributed by atoms with van der Waals surface area (Å²) in [5, 5.41) is 4.77. The lowest BCUT2D eigenvalue weighted by molar-refractivity contribution is -0.0446. The highest BCUT2D eigenvalue weighted by atomic mass is 32.2. The van der Waals surface area contributed by atoms with Gasteiger partial charge in [0.2, 0.25) is 9.84 Å². The minimum Gasteiger partial charge on any atom is -0.218 e. The van der Waals surface area contributed by atoms with Gasteiger partial charge in [-0.1, -0.05) is 127 Å². The first kappa shape index (κ1) is 33.2. The summed E-state index contributed by atoms with van der Waals surface area (Å²) in [6.07, 6.45) is 6.10. The molecule has 276 valence electrons. The van der Waals surface area contributed by atoms with Gasteiger partial charge in [-0.2, -0.15) is 0 Å². The normalized spacial score (nSPS) is 23.8. The van der Waals surface area contributed by atoms with Gasteiger partial charge in [0, 0.05) is 22.1 Å². The molecule has 4 bridgehead atoms. The van der Waals surface area contributed by atoms with E-state index in [1.54, 1.807) is 0 Å². The molecule has 0 unspecified atom stereocenters. The molecule has 7 aromatic carbocycles. The van der Waals surface area contributed by atoms with Crippen LogP contribution >= 0.6 is 0 Å². The van der Waals surface area contributed by atoms with Gasteiger partial charge in [-0.25, -0.2) is 23.4 Å². The molecule has 1 aromatic heterocycles. The summed E-state index contributed by atoms with van der Waals surface area (Å²) >= 11 is 0. The Balaban J connectivity index is 0.960. The fourth-order valence-electron chi connectivity index (χ4n) is 11.7. The molecule has 0 amide bonds. The topological polar surface area (TPSA) is 72.8 Å². The van der Waals surface area contributed by atoms with Crippen molar-refractivity contribution in [2.24, 2.45) is 23.7 Å². The molecule has 4 saturated carbocycles. The van der Waals surface area contributed by atoms with Crippen LogP contribution in [0.25, 0.3) is 66.8 Å². The third-order valence-electron chi connectivity index (χ3n) is 13.9. The molecule has 0 N–H and O–H groups in total. The second-order valence-corrected chi connectivity index (χ2v) is 18.7. The predicted octanol–water partition coefficient (Wildman–Crippen LogP) is 11.7. The van der Waals surface area contributed by atoms with E-state index in [1.807, 2.05) is 60.7 Å². The van der Waals surface area contributed by atoms with Crippen LogP contribution in [0.3, 0.4) is 0 Å². The van der Waals surface area contributed by atoms with Crippen molar-refractivity contribution in [2.75, 3.05) is 0 Å². The van der Waals surface area contributed by atoms with Gasteiger partial charge >= 0.3 is 0 Å². The highest BCUT2D eigenvalue weighted by Crippen LogP contribution is 2.68. The van der Waals surface area contributed by atoms with Crippen molar-refractivity contribution in [2.45, 2.75) is 47.3 Å². The van der Waals surface area contributed by atoms with Gasteiger partial charge in [-0.05, 0) is 124 Å². The van der Waals surface area contributed by atoms with E-state index in [9.17, 15) is 8.42 Å². The Hall–Kier alpha value is -5.98. The molecule has 4 aliphatic carbocycles. The number of fused-ring (bicyclic) bond motifs is 5. The standard InChI is InChI=1S/C51H39N3O2S/c55-57(56)46-13-7-6-12-44(46)51(40-25-31-24-32(27-40)28-41(51)26-31)45-30-37(21-23-47(45)57)33-14-17-36(18-15-33)49-52-48(35-9-2-1-3-10-35)53-50(54-49)39-20-22-43-38(29-39)19-16-34-8-4-5-11-42(34)43/h1-23,29-32,40-41H,24-28H2. The van der Waals surface area contributed by atoms with Crippen LogP contribution in [0.5, 0.6) is 0 Å². The number of sulfone groups is 1. The van der Waals surface area contributed by atoms with Crippen molar-refractivity contribution in [3.63, 3.8) is 0 Å². The molecule has 13 rings (SSSR count). The fraction of sp³-hybridized carbons (Fsp3) is 0.196. The molecular weight excluding hydrogens is 719 g/mol. The van der Waals surface area contributed by atoms with Crippen LogP contribution < -0.4 is 0 Å². The number of rotatable bonds is 4. The lowest BCUT2D eigenvalue weighted by Crippen LogP contribution is -2.57. The molecule has 0 radical (unpaired) electrons. The number of aromatic nitrogens is 3. The molecule has 0 atom stereocenters. The molecule has 8 aromatic rings. The van der Waals surface area contributed by atoms with Gasteiger partial charge in [0.05, 0.1) is 9.79 Å². The van der Waals surface area contributed by atoms with Gasteiger partial charge < -0.3 is 0 Å². The van der Waals surface area contributed by atoms with Gasteiger partial charge in [-0.3, -0.25) is 0 Å². The highest BCUT2D eigenvalue weighted by molar-refractivity contribution is 7.91. The Morgan fingerprint density at radius 1 is 0.421 bits per heavy atom. The van der Waals surface area contributed by atoms with E-state index >= 15 is 0 Å². The zero-order valence-corrected chi connectivity index (χ0v) is 32.2. The first-order valence-corrected chi connectivity index (χ1v) is 21.7. The Kier molecular flexibility index (Phi) is 7.14. The third kappa shape index (κ3) is 4.93. The highest BCUT2D eigenvalue weighted by Gasteiger charge is 2.62. The van der Waals surface area contributed by atoms with E-state index in [4.69, 9.17) is 15.0 Å². The Morgan fingerprint density at radius 2 is 0.965 bits per heavy atom. The number of hydrogen-bond donors (Lipinski definition) is 0. The average molecular weight is 758 g/mol. The third-order valence-corrected chi connectivity index (χ3v) is 15.8. The van der Waals surface area contributed by atoms with Crippen LogP contribution in [0.15, 0.2) is 161 Å². The Bertz CT molecular complexity index is 3020. The van der Waals surface area contributed by atoms with Crippen molar-refractivity contribution in [1.82, 2.24) is 15.0 Å². The molecular formula is C51H39N3O2S. The zero-order valence-electron chi connectivity index (χ0n) is 31.3. The van der Waals surface area contributed by atoms with Crippen LogP contribution in [0.1, 0.15) is 43.2 Å². The van der Waals surface area contributed by atoms with E-state index in [1.165, 1.54) is 48.3 Å². The molecule has 0 saturated heterocycles. The summed E-state index contributed by atoms with van der Waals surface area (Å²) in [6.45, 7) is 0. The number of nitrogens with zero attached hydrogens (tertiary/aromatic N) is 3. The van der Waals surface area contributed by atoms with E-state index in [0.717, 1.165) is 56.2 Å². The minimum absolute atomic E-state index is 0.272. The number of hydrogen-bond acceptors (Lipinski definition) is 5. The molecule has 1 spiro atoms. The van der Waals surface area contributed by atoms with Crippen LogP contribution in [-0.4, -0.2) is 23.4 Å². The molecule has 5 nitrogen and oxygen atoms in total. The van der Waals surface area contributed by atoms with Crippen molar-refractivity contribution in [3.8, 4) is 45.3 Å². The Labute approximate surface area is 332 Å². The summed E-state index contributed by atoms with van der Waals surface area (Å²) in [6, 6.07) is 51.8. The first-order valence-electron chi connectivity index (χ1n) is 20.3. The fourth-order valence-corrected chi connectivity index (χ4v) is 13.5. The van der Waals surface area contributed by atoms with Gasteiger partial charge in [0.1, 0.15) is 0 Å². The van der Waals surface area contributed by atoms with Gasteiger partial charge in [0.25, 0.3) is 0 Å². The lowest BCUT2D eigenvalue weighted by atomic mass is 9.42. The second kappa shape index (κ2) is 12.3. The van der Waals surface area contributed by atoms with E-state index in [2.05, 4.69) is 91.0 Å². The van der Waals surface area contributed by atoms with Crippen LogP contribution in [0, 0.1) is 23.7 Å². The number of benzene rings is 7. The van der Waals surface area contributed by atoms with E-state index in [-0.39, 0.29) is 5.41 Å². The van der Waals surface area contributed by atoms with Crippen molar-refractivity contribution >= 4 is 31.4 Å².